The highest BCUT2D eigenvalue weighted by atomic mass is 16.5. The zero-order chi connectivity index (χ0) is 20.1. The van der Waals surface area contributed by atoms with Crippen LogP contribution in [0.3, 0.4) is 0 Å². The number of carboxylic acid groups (broad SMARTS) is 1. The Labute approximate surface area is 164 Å². The van der Waals surface area contributed by atoms with Gasteiger partial charge in [0.15, 0.2) is 6.04 Å². The molecular weight excluding hydrogens is 358 g/mol. The minimum Gasteiger partial charge on any atom is -0.488 e. The van der Waals surface area contributed by atoms with Gasteiger partial charge in [-0.1, -0.05) is 13.0 Å². The Morgan fingerprint density at radius 3 is 2.68 bits per heavy atom. The third kappa shape index (κ3) is 4.61. The molecule has 0 spiro atoms. The summed E-state index contributed by atoms with van der Waals surface area (Å²) in [5.74, 6) is -0.490. The van der Waals surface area contributed by atoms with Crippen LogP contribution in [0.5, 0.6) is 5.75 Å². The topological polar surface area (TPSA) is 118 Å². The van der Waals surface area contributed by atoms with Gasteiger partial charge in [-0.3, -0.25) is 5.41 Å². The fraction of sp³-hybridized carbons (Fsp3) is 0.333. The highest BCUT2D eigenvalue weighted by Crippen LogP contribution is 2.31. The van der Waals surface area contributed by atoms with Gasteiger partial charge in [-0.25, -0.2) is 4.79 Å². The van der Waals surface area contributed by atoms with Crippen molar-refractivity contribution in [2.45, 2.75) is 31.9 Å². The van der Waals surface area contributed by atoms with Crippen LogP contribution in [0.2, 0.25) is 0 Å². The summed E-state index contributed by atoms with van der Waals surface area (Å²) >= 11 is 0. The maximum atomic E-state index is 12.1. The Kier molecular flexibility index (Phi) is 6.16. The Hall–Kier alpha value is -3.06. The van der Waals surface area contributed by atoms with Crippen molar-refractivity contribution < 1.29 is 19.4 Å². The number of nitrogen functional groups attached to an aromatic ring is 1. The van der Waals surface area contributed by atoms with Crippen LogP contribution in [0.25, 0.3) is 0 Å². The van der Waals surface area contributed by atoms with Crippen LogP contribution in [0.4, 0.5) is 5.69 Å². The molecular formula is C21H25N3O4. The SMILES string of the molecule is CCc1ccc(O[C@@H]2CCOC2)c([C@H](Nc2ccc(C(=N)N)cc2)C(=O)O)c1. The molecule has 1 saturated heterocycles. The third-order valence-electron chi connectivity index (χ3n) is 4.73. The summed E-state index contributed by atoms with van der Waals surface area (Å²) < 4.78 is 11.4. The van der Waals surface area contributed by atoms with Crippen LogP contribution >= 0.6 is 0 Å². The number of rotatable bonds is 8. The molecule has 0 unspecified atom stereocenters. The lowest BCUT2D eigenvalue weighted by Crippen LogP contribution is -2.23. The molecule has 0 radical (unpaired) electrons. The monoisotopic (exact) mass is 383 g/mol. The number of hydrogen-bond acceptors (Lipinski definition) is 5. The van der Waals surface area contributed by atoms with Crippen molar-refractivity contribution in [2.75, 3.05) is 18.5 Å². The van der Waals surface area contributed by atoms with Gasteiger partial charge in [-0.15, -0.1) is 0 Å². The van der Waals surface area contributed by atoms with E-state index in [4.69, 9.17) is 20.6 Å². The standard InChI is InChI=1S/C21H25N3O4/c1-2-13-3-8-18(28-16-9-10-27-12-16)17(11-13)19(21(25)26)24-15-6-4-14(5-7-15)20(22)23/h3-8,11,16,19,24H,2,9-10,12H2,1H3,(H3,22,23)(H,25,26)/t16-,19+/m1/s1. The highest BCUT2D eigenvalue weighted by molar-refractivity contribution is 5.95. The molecule has 3 rings (SSSR count). The van der Waals surface area contributed by atoms with Crippen LogP contribution in [0.15, 0.2) is 42.5 Å². The van der Waals surface area contributed by atoms with E-state index >= 15 is 0 Å². The van der Waals surface area contributed by atoms with Gasteiger partial charge in [-0.2, -0.15) is 0 Å². The van der Waals surface area contributed by atoms with Crippen LogP contribution in [-0.4, -0.2) is 36.2 Å². The lowest BCUT2D eigenvalue weighted by atomic mass is 10.0. The molecule has 1 aliphatic rings. The number of anilines is 1. The zero-order valence-electron chi connectivity index (χ0n) is 15.8. The molecule has 1 heterocycles. The lowest BCUT2D eigenvalue weighted by molar-refractivity contribution is -0.138. The lowest BCUT2D eigenvalue weighted by Gasteiger charge is -2.22. The normalized spacial score (nSPS) is 17.1. The molecule has 1 aliphatic heterocycles. The molecule has 2 aromatic carbocycles. The molecule has 0 aromatic heterocycles. The van der Waals surface area contributed by atoms with Crippen LogP contribution < -0.4 is 15.8 Å². The predicted octanol–water partition coefficient (Wildman–Crippen LogP) is 2.94. The Balaban J connectivity index is 1.90. The van der Waals surface area contributed by atoms with Crippen LogP contribution in [0.1, 0.15) is 36.1 Å². The first-order valence-corrected chi connectivity index (χ1v) is 9.29. The van der Waals surface area contributed by atoms with Crippen LogP contribution in [-0.2, 0) is 16.0 Å². The Morgan fingerprint density at radius 2 is 2.11 bits per heavy atom. The maximum Gasteiger partial charge on any atom is 0.330 e. The van der Waals surface area contributed by atoms with E-state index in [0.29, 0.717) is 35.8 Å². The van der Waals surface area contributed by atoms with Gasteiger partial charge in [0.1, 0.15) is 17.7 Å². The largest absolute Gasteiger partial charge is 0.488 e. The summed E-state index contributed by atoms with van der Waals surface area (Å²) in [6.45, 7) is 3.18. The van der Waals surface area contributed by atoms with Crippen molar-refractivity contribution in [1.29, 1.82) is 5.41 Å². The molecule has 148 valence electrons. The van der Waals surface area contributed by atoms with Gasteiger partial charge >= 0.3 is 5.97 Å². The van der Waals surface area contributed by atoms with Gasteiger partial charge in [0, 0.05) is 23.2 Å². The summed E-state index contributed by atoms with van der Waals surface area (Å²) in [7, 11) is 0. The number of aryl methyl sites for hydroxylation is 1. The van der Waals surface area contributed by atoms with Gasteiger partial charge < -0.3 is 25.6 Å². The van der Waals surface area contributed by atoms with E-state index in [0.717, 1.165) is 18.4 Å². The molecule has 0 saturated carbocycles. The molecule has 0 aliphatic carbocycles. The first-order valence-electron chi connectivity index (χ1n) is 9.29. The number of carboxylic acids is 1. The van der Waals surface area contributed by atoms with Crippen molar-refractivity contribution in [2.24, 2.45) is 5.73 Å². The maximum absolute atomic E-state index is 12.1. The van der Waals surface area contributed by atoms with E-state index in [2.05, 4.69) is 5.32 Å². The van der Waals surface area contributed by atoms with E-state index in [9.17, 15) is 9.90 Å². The zero-order valence-corrected chi connectivity index (χ0v) is 15.8. The van der Waals surface area contributed by atoms with Crippen molar-refractivity contribution in [1.82, 2.24) is 0 Å². The molecule has 2 atom stereocenters. The molecule has 0 bridgehead atoms. The number of ether oxygens (including phenoxy) is 2. The molecule has 1 fully saturated rings. The molecule has 2 aromatic rings. The third-order valence-corrected chi connectivity index (χ3v) is 4.73. The molecule has 7 nitrogen and oxygen atoms in total. The van der Waals surface area contributed by atoms with E-state index in [1.807, 2.05) is 25.1 Å². The van der Waals surface area contributed by atoms with E-state index in [1.54, 1.807) is 24.3 Å². The van der Waals surface area contributed by atoms with Gasteiger partial charge in [-0.05, 0) is 48.4 Å². The number of nitrogens with two attached hydrogens (primary N) is 1. The van der Waals surface area contributed by atoms with Crippen molar-refractivity contribution in [3.63, 3.8) is 0 Å². The van der Waals surface area contributed by atoms with Crippen molar-refractivity contribution in [3.8, 4) is 5.75 Å². The Bertz CT molecular complexity index is 845. The number of carbonyl (C=O) groups is 1. The fourth-order valence-corrected chi connectivity index (χ4v) is 3.12. The fourth-order valence-electron chi connectivity index (χ4n) is 3.12. The second-order valence-corrected chi connectivity index (χ2v) is 6.74. The van der Waals surface area contributed by atoms with Crippen molar-refractivity contribution >= 4 is 17.5 Å². The molecule has 0 amide bonds. The number of nitrogens with one attached hydrogen (secondary N) is 2. The summed E-state index contributed by atoms with van der Waals surface area (Å²) in [4.78, 5) is 12.1. The highest BCUT2D eigenvalue weighted by Gasteiger charge is 2.26. The first kappa shape index (κ1) is 19.7. The number of hydrogen-bond donors (Lipinski definition) is 4. The molecule has 7 heteroatoms. The summed E-state index contributed by atoms with van der Waals surface area (Å²) in [5, 5.41) is 20.4. The predicted molar refractivity (Wildman–Crippen MR) is 107 cm³/mol. The average molecular weight is 383 g/mol. The molecule has 28 heavy (non-hydrogen) atoms. The van der Waals surface area contributed by atoms with Gasteiger partial charge in [0.2, 0.25) is 0 Å². The van der Waals surface area contributed by atoms with E-state index < -0.39 is 12.0 Å². The Morgan fingerprint density at radius 1 is 1.36 bits per heavy atom. The van der Waals surface area contributed by atoms with Gasteiger partial charge in [0.25, 0.3) is 0 Å². The molecule has 5 N–H and O–H groups in total. The first-order chi connectivity index (χ1) is 13.5. The summed E-state index contributed by atoms with van der Waals surface area (Å²) in [6, 6.07) is 11.5. The average Bonchev–Trinajstić information content (AvgIpc) is 3.20. The van der Waals surface area contributed by atoms with Crippen LogP contribution in [0, 0.1) is 5.41 Å². The number of aliphatic carboxylic acids is 1. The number of amidine groups is 1. The van der Waals surface area contributed by atoms with Crippen molar-refractivity contribution in [3.05, 3.63) is 59.2 Å². The second-order valence-electron chi connectivity index (χ2n) is 6.74. The minimum atomic E-state index is -1.00. The smallest absolute Gasteiger partial charge is 0.330 e. The second kappa shape index (κ2) is 8.75. The van der Waals surface area contributed by atoms with E-state index in [-0.39, 0.29) is 11.9 Å². The van der Waals surface area contributed by atoms with E-state index in [1.165, 1.54) is 0 Å². The number of benzene rings is 2. The quantitative estimate of drug-likeness (QED) is 0.411. The van der Waals surface area contributed by atoms with Gasteiger partial charge in [0.05, 0.1) is 13.2 Å². The summed E-state index contributed by atoms with van der Waals surface area (Å²) in [5.41, 5.74) is 8.29. The summed E-state index contributed by atoms with van der Waals surface area (Å²) in [6.07, 6.45) is 1.50. The minimum absolute atomic E-state index is 0.0357.